The Morgan fingerprint density at radius 2 is 2.56 bits per heavy atom. The Bertz CT molecular complexity index is 305. The third kappa shape index (κ3) is 3.32. The van der Waals surface area contributed by atoms with E-state index in [1.165, 1.54) is 24.8 Å². The van der Waals surface area contributed by atoms with Crippen molar-refractivity contribution in [3.63, 3.8) is 0 Å². The molecule has 1 aliphatic rings. The van der Waals surface area contributed by atoms with Crippen molar-refractivity contribution < 1.29 is 4.74 Å². The molecular formula is C12H21N3O. The summed E-state index contributed by atoms with van der Waals surface area (Å²) in [6.07, 6.45) is 9.15. The van der Waals surface area contributed by atoms with Crippen molar-refractivity contribution in [3.8, 4) is 0 Å². The number of rotatable bonds is 6. The first-order chi connectivity index (χ1) is 7.88. The van der Waals surface area contributed by atoms with Crippen LogP contribution in [0.3, 0.4) is 0 Å². The molecule has 0 amide bonds. The minimum Gasteiger partial charge on any atom is -0.376 e. The van der Waals surface area contributed by atoms with Gasteiger partial charge < -0.3 is 10.1 Å². The van der Waals surface area contributed by atoms with E-state index >= 15 is 0 Å². The first-order valence-corrected chi connectivity index (χ1v) is 6.16. The Kier molecular flexibility index (Phi) is 4.36. The molecule has 0 unspecified atom stereocenters. The van der Waals surface area contributed by atoms with Crippen LogP contribution in [0.1, 0.15) is 24.8 Å². The van der Waals surface area contributed by atoms with Crippen molar-refractivity contribution >= 4 is 0 Å². The zero-order valence-corrected chi connectivity index (χ0v) is 9.98. The van der Waals surface area contributed by atoms with Crippen molar-refractivity contribution in [2.45, 2.75) is 38.3 Å². The zero-order chi connectivity index (χ0) is 11.2. The molecule has 1 aliphatic heterocycles. The molecule has 0 saturated carbocycles. The Balaban J connectivity index is 1.77. The van der Waals surface area contributed by atoms with Crippen LogP contribution in [-0.4, -0.2) is 36.1 Å². The quantitative estimate of drug-likeness (QED) is 0.737. The maximum absolute atomic E-state index is 5.59. The van der Waals surface area contributed by atoms with Crippen molar-refractivity contribution in [2.75, 3.05) is 20.2 Å². The van der Waals surface area contributed by atoms with Crippen LogP contribution < -0.4 is 5.32 Å². The van der Waals surface area contributed by atoms with Gasteiger partial charge in [0.25, 0.3) is 0 Å². The van der Waals surface area contributed by atoms with E-state index in [4.69, 9.17) is 4.74 Å². The van der Waals surface area contributed by atoms with E-state index in [0.29, 0.717) is 6.10 Å². The maximum atomic E-state index is 5.59. The van der Waals surface area contributed by atoms with Crippen LogP contribution in [0.4, 0.5) is 0 Å². The predicted molar refractivity (Wildman–Crippen MR) is 63.4 cm³/mol. The third-order valence-electron chi connectivity index (χ3n) is 2.99. The molecule has 4 nitrogen and oxygen atoms in total. The van der Waals surface area contributed by atoms with E-state index in [1.54, 1.807) is 0 Å². The molecule has 1 saturated heterocycles. The van der Waals surface area contributed by atoms with Crippen LogP contribution in [0.2, 0.25) is 0 Å². The van der Waals surface area contributed by atoms with Crippen LogP contribution in [-0.2, 0) is 17.7 Å². The number of nitrogens with one attached hydrogen (secondary N) is 1. The summed E-state index contributed by atoms with van der Waals surface area (Å²) in [4.78, 5) is 0. The largest absolute Gasteiger partial charge is 0.376 e. The predicted octanol–water partition coefficient (Wildman–Crippen LogP) is 1.21. The number of hydrogen-bond donors (Lipinski definition) is 1. The molecule has 4 heteroatoms. The molecule has 2 heterocycles. The lowest BCUT2D eigenvalue weighted by Crippen LogP contribution is -2.15. The summed E-state index contributed by atoms with van der Waals surface area (Å²) in [5.41, 5.74) is 1.33. The number of aryl methyl sites for hydroxylation is 1. The van der Waals surface area contributed by atoms with E-state index in [0.717, 1.165) is 26.1 Å². The second kappa shape index (κ2) is 6.01. The summed E-state index contributed by atoms with van der Waals surface area (Å²) >= 11 is 0. The summed E-state index contributed by atoms with van der Waals surface area (Å²) in [5.74, 6) is 0. The average Bonchev–Trinajstić information content (AvgIpc) is 2.91. The van der Waals surface area contributed by atoms with Gasteiger partial charge in [-0.3, -0.25) is 4.68 Å². The summed E-state index contributed by atoms with van der Waals surface area (Å²) in [6, 6.07) is 0. The van der Waals surface area contributed by atoms with Crippen LogP contribution in [0.25, 0.3) is 0 Å². The van der Waals surface area contributed by atoms with Crippen LogP contribution in [0.15, 0.2) is 12.4 Å². The number of ether oxygens (including phenoxy) is 1. The molecule has 0 bridgehead atoms. The first kappa shape index (κ1) is 11.6. The van der Waals surface area contributed by atoms with Crippen LogP contribution >= 0.6 is 0 Å². The van der Waals surface area contributed by atoms with Crippen LogP contribution in [0, 0.1) is 0 Å². The van der Waals surface area contributed by atoms with Gasteiger partial charge in [-0.1, -0.05) is 0 Å². The van der Waals surface area contributed by atoms with Gasteiger partial charge in [0.2, 0.25) is 0 Å². The van der Waals surface area contributed by atoms with Gasteiger partial charge in [-0.15, -0.1) is 0 Å². The van der Waals surface area contributed by atoms with Gasteiger partial charge in [-0.05, 0) is 44.8 Å². The Labute approximate surface area is 97.0 Å². The second-order valence-corrected chi connectivity index (χ2v) is 4.41. The fraction of sp³-hybridized carbons (Fsp3) is 0.750. The van der Waals surface area contributed by atoms with E-state index < -0.39 is 0 Å². The molecule has 16 heavy (non-hydrogen) atoms. The van der Waals surface area contributed by atoms with Crippen molar-refractivity contribution in [3.05, 3.63) is 18.0 Å². The van der Waals surface area contributed by atoms with E-state index in [2.05, 4.69) is 16.6 Å². The maximum Gasteiger partial charge on any atom is 0.0771 e. The molecule has 0 spiro atoms. The van der Waals surface area contributed by atoms with E-state index in [9.17, 15) is 0 Å². The molecule has 0 aliphatic carbocycles. The number of nitrogens with zero attached hydrogens (tertiary/aromatic N) is 2. The van der Waals surface area contributed by atoms with Gasteiger partial charge in [0.05, 0.1) is 18.8 Å². The smallest absolute Gasteiger partial charge is 0.0771 e. The minimum absolute atomic E-state index is 0.380. The fourth-order valence-electron chi connectivity index (χ4n) is 2.10. The molecular weight excluding hydrogens is 202 g/mol. The lowest BCUT2D eigenvalue weighted by molar-refractivity contribution is 0.0940. The molecule has 1 fully saturated rings. The monoisotopic (exact) mass is 223 g/mol. The van der Waals surface area contributed by atoms with Gasteiger partial charge in [0, 0.05) is 12.8 Å². The molecule has 1 atom stereocenters. The Hall–Kier alpha value is -0.870. The summed E-state index contributed by atoms with van der Waals surface area (Å²) < 4.78 is 7.61. The minimum atomic E-state index is 0.380. The number of hydrogen-bond acceptors (Lipinski definition) is 3. The standard InChI is InChI=1S/C12H21N3O/c1-13-6-2-4-11-8-14-15(9-11)10-12-5-3-7-16-12/h8-9,12-13H,2-7,10H2,1H3/t12-/m0/s1. The molecule has 1 aromatic rings. The summed E-state index contributed by atoms with van der Waals surface area (Å²) in [6.45, 7) is 2.89. The Morgan fingerprint density at radius 1 is 1.62 bits per heavy atom. The van der Waals surface area contributed by atoms with Crippen molar-refractivity contribution in [2.24, 2.45) is 0 Å². The summed E-state index contributed by atoms with van der Waals surface area (Å²) in [5, 5.41) is 7.53. The number of aromatic nitrogens is 2. The SMILES string of the molecule is CNCCCc1cnn(C[C@@H]2CCCO2)c1. The molecule has 1 N–H and O–H groups in total. The molecule has 0 radical (unpaired) electrons. The van der Waals surface area contributed by atoms with E-state index in [-0.39, 0.29) is 0 Å². The zero-order valence-electron chi connectivity index (χ0n) is 9.98. The first-order valence-electron chi connectivity index (χ1n) is 6.16. The van der Waals surface area contributed by atoms with E-state index in [1.807, 2.05) is 17.9 Å². The molecule has 0 aromatic carbocycles. The topological polar surface area (TPSA) is 39.1 Å². The highest BCUT2D eigenvalue weighted by Crippen LogP contribution is 2.14. The highest BCUT2D eigenvalue weighted by Gasteiger charge is 2.16. The average molecular weight is 223 g/mol. The summed E-state index contributed by atoms with van der Waals surface area (Å²) in [7, 11) is 1.99. The third-order valence-corrected chi connectivity index (χ3v) is 2.99. The molecule has 1 aromatic heterocycles. The van der Waals surface area contributed by atoms with Gasteiger partial charge in [-0.2, -0.15) is 5.10 Å². The van der Waals surface area contributed by atoms with Gasteiger partial charge in [0.1, 0.15) is 0 Å². The highest BCUT2D eigenvalue weighted by molar-refractivity contribution is 5.04. The van der Waals surface area contributed by atoms with Crippen molar-refractivity contribution in [1.29, 1.82) is 0 Å². The van der Waals surface area contributed by atoms with Gasteiger partial charge in [-0.25, -0.2) is 0 Å². The highest BCUT2D eigenvalue weighted by atomic mass is 16.5. The van der Waals surface area contributed by atoms with Gasteiger partial charge >= 0.3 is 0 Å². The lowest BCUT2D eigenvalue weighted by atomic mass is 10.2. The van der Waals surface area contributed by atoms with Crippen LogP contribution in [0.5, 0.6) is 0 Å². The Morgan fingerprint density at radius 3 is 3.31 bits per heavy atom. The second-order valence-electron chi connectivity index (χ2n) is 4.41. The molecule has 2 rings (SSSR count). The van der Waals surface area contributed by atoms with Gasteiger partial charge in [0.15, 0.2) is 0 Å². The van der Waals surface area contributed by atoms with Crippen molar-refractivity contribution in [1.82, 2.24) is 15.1 Å². The molecule has 90 valence electrons. The lowest BCUT2D eigenvalue weighted by Gasteiger charge is -2.08. The normalized spacial score (nSPS) is 20.4. The fourth-order valence-corrected chi connectivity index (χ4v) is 2.10.